The number of benzene rings is 1. The third kappa shape index (κ3) is 2.89. The highest BCUT2D eigenvalue weighted by molar-refractivity contribution is 6.02. The summed E-state index contributed by atoms with van der Waals surface area (Å²) >= 11 is 0. The molecule has 0 bridgehead atoms. The van der Waals surface area contributed by atoms with Crippen LogP contribution in [0.4, 0.5) is 5.69 Å². The zero-order chi connectivity index (χ0) is 13.8. The fraction of sp³-hybridized carbons (Fsp3) is 0.267. The first kappa shape index (κ1) is 12.9. The molecule has 0 radical (unpaired) electrons. The van der Waals surface area contributed by atoms with E-state index in [4.69, 9.17) is 13.9 Å². The van der Waals surface area contributed by atoms with Crippen LogP contribution in [0.2, 0.25) is 0 Å². The van der Waals surface area contributed by atoms with E-state index < -0.39 is 0 Å². The Morgan fingerprint density at radius 3 is 2.75 bits per heavy atom. The number of amides is 1. The molecule has 104 valence electrons. The van der Waals surface area contributed by atoms with Gasteiger partial charge in [0.2, 0.25) is 0 Å². The second-order valence-corrected chi connectivity index (χ2v) is 4.48. The Kier molecular flexibility index (Phi) is 3.80. The van der Waals surface area contributed by atoms with Crippen molar-refractivity contribution in [2.75, 3.05) is 18.5 Å². The first-order valence-corrected chi connectivity index (χ1v) is 6.51. The highest BCUT2D eigenvalue weighted by atomic mass is 16.7. The summed E-state index contributed by atoms with van der Waals surface area (Å²) in [7, 11) is 0. The summed E-state index contributed by atoms with van der Waals surface area (Å²) in [6, 6.07) is 10.7. The van der Waals surface area contributed by atoms with E-state index in [1.807, 2.05) is 24.3 Å². The molecule has 1 aliphatic heterocycles. The lowest BCUT2D eigenvalue weighted by Gasteiger charge is -2.23. The molecule has 1 aliphatic rings. The van der Waals surface area contributed by atoms with E-state index in [-0.39, 0.29) is 18.0 Å². The molecule has 3 rings (SSSR count). The number of nitrogens with one attached hydrogen (secondary N) is 1. The monoisotopic (exact) mass is 273 g/mol. The predicted octanol–water partition coefficient (Wildman–Crippen LogP) is 2.97. The summed E-state index contributed by atoms with van der Waals surface area (Å²) < 4.78 is 16.1. The van der Waals surface area contributed by atoms with E-state index in [9.17, 15) is 4.79 Å². The van der Waals surface area contributed by atoms with Crippen molar-refractivity contribution in [3.05, 3.63) is 54.0 Å². The molecule has 2 heterocycles. The Morgan fingerprint density at radius 1 is 1.15 bits per heavy atom. The standard InChI is InChI=1S/C15H15NO4/c17-14(13-6-2-7-18-13)16-12-5-1-4-11(10-12)15-19-8-3-9-20-15/h1-2,4-7,10,15H,3,8-9H2,(H,16,17). The van der Waals surface area contributed by atoms with Crippen molar-refractivity contribution < 1.29 is 18.7 Å². The van der Waals surface area contributed by atoms with Gasteiger partial charge in [0.05, 0.1) is 19.5 Å². The normalized spacial score (nSPS) is 16.0. The van der Waals surface area contributed by atoms with Crippen LogP contribution in [0.1, 0.15) is 28.8 Å². The van der Waals surface area contributed by atoms with Gasteiger partial charge in [-0.25, -0.2) is 0 Å². The second kappa shape index (κ2) is 5.90. The van der Waals surface area contributed by atoms with E-state index in [2.05, 4.69) is 5.32 Å². The van der Waals surface area contributed by atoms with Crippen LogP contribution >= 0.6 is 0 Å². The van der Waals surface area contributed by atoms with Crippen LogP contribution in [0.15, 0.2) is 47.1 Å². The average Bonchev–Trinajstić information content (AvgIpc) is 3.03. The fourth-order valence-corrected chi connectivity index (χ4v) is 2.04. The summed E-state index contributed by atoms with van der Waals surface area (Å²) in [6.45, 7) is 1.38. The van der Waals surface area contributed by atoms with Crippen molar-refractivity contribution >= 4 is 11.6 Å². The zero-order valence-electron chi connectivity index (χ0n) is 10.9. The summed E-state index contributed by atoms with van der Waals surface area (Å²) in [5.41, 5.74) is 1.57. The molecular weight excluding hydrogens is 258 g/mol. The van der Waals surface area contributed by atoms with Gasteiger partial charge >= 0.3 is 0 Å². The molecule has 1 aromatic carbocycles. The fourth-order valence-electron chi connectivity index (χ4n) is 2.04. The van der Waals surface area contributed by atoms with Gasteiger partial charge in [-0.2, -0.15) is 0 Å². The van der Waals surface area contributed by atoms with Gasteiger partial charge in [0, 0.05) is 11.3 Å². The molecule has 1 N–H and O–H groups in total. The molecule has 1 saturated heterocycles. The minimum Gasteiger partial charge on any atom is -0.459 e. The largest absolute Gasteiger partial charge is 0.459 e. The number of furan rings is 1. The first-order valence-electron chi connectivity index (χ1n) is 6.51. The van der Waals surface area contributed by atoms with Crippen molar-refractivity contribution in [1.29, 1.82) is 0 Å². The Balaban J connectivity index is 1.72. The smallest absolute Gasteiger partial charge is 0.291 e. The van der Waals surface area contributed by atoms with Crippen LogP contribution in [0.3, 0.4) is 0 Å². The molecule has 1 amide bonds. The van der Waals surface area contributed by atoms with Crippen molar-refractivity contribution in [3.63, 3.8) is 0 Å². The SMILES string of the molecule is O=C(Nc1cccc(C2OCCCO2)c1)c1ccco1. The number of carbonyl (C=O) groups is 1. The van der Waals surface area contributed by atoms with E-state index in [1.165, 1.54) is 6.26 Å². The lowest BCUT2D eigenvalue weighted by molar-refractivity contribution is -0.183. The molecular formula is C15H15NO4. The number of ether oxygens (including phenoxy) is 2. The van der Waals surface area contributed by atoms with Crippen LogP contribution in [-0.4, -0.2) is 19.1 Å². The van der Waals surface area contributed by atoms with E-state index in [1.54, 1.807) is 12.1 Å². The topological polar surface area (TPSA) is 60.7 Å². The summed E-state index contributed by atoms with van der Waals surface area (Å²) in [6.07, 6.45) is 2.02. The minimum absolute atomic E-state index is 0.278. The Bertz CT molecular complexity index is 573. The number of anilines is 1. The van der Waals surface area contributed by atoms with Gasteiger partial charge in [-0.1, -0.05) is 12.1 Å². The van der Waals surface area contributed by atoms with Gasteiger partial charge in [0.1, 0.15) is 0 Å². The number of hydrogen-bond donors (Lipinski definition) is 1. The molecule has 5 nitrogen and oxygen atoms in total. The van der Waals surface area contributed by atoms with Crippen molar-refractivity contribution in [1.82, 2.24) is 0 Å². The molecule has 20 heavy (non-hydrogen) atoms. The van der Waals surface area contributed by atoms with Gasteiger partial charge in [-0.05, 0) is 30.7 Å². The third-order valence-corrected chi connectivity index (χ3v) is 2.99. The van der Waals surface area contributed by atoms with Crippen LogP contribution in [0.25, 0.3) is 0 Å². The second-order valence-electron chi connectivity index (χ2n) is 4.48. The van der Waals surface area contributed by atoms with Crippen LogP contribution in [0.5, 0.6) is 0 Å². The van der Waals surface area contributed by atoms with E-state index in [0.717, 1.165) is 12.0 Å². The van der Waals surface area contributed by atoms with E-state index >= 15 is 0 Å². The average molecular weight is 273 g/mol. The highest BCUT2D eigenvalue weighted by Crippen LogP contribution is 2.25. The Morgan fingerprint density at radius 2 is 2.00 bits per heavy atom. The minimum atomic E-state index is -0.357. The lowest BCUT2D eigenvalue weighted by atomic mass is 10.2. The van der Waals surface area contributed by atoms with Crippen molar-refractivity contribution in [3.8, 4) is 0 Å². The quantitative estimate of drug-likeness (QED) is 0.934. The van der Waals surface area contributed by atoms with Crippen molar-refractivity contribution in [2.45, 2.75) is 12.7 Å². The highest BCUT2D eigenvalue weighted by Gasteiger charge is 2.17. The Labute approximate surface area is 116 Å². The zero-order valence-corrected chi connectivity index (χ0v) is 10.9. The van der Waals surface area contributed by atoms with Gasteiger partial charge in [0.15, 0.2) is 12.1 Å². The maximum Gasteiger partial charge on any atom is 0.291 e. The lowest BCUT2D eigenvalue weighted by Crippen LogP contribution is -2.18. The first-order chi connectivity index (χ1) is 9.83. The molecule has 0 atom stereocenters. The van der Waals surface area contributed by atoms with E-state index in [0.29, 0.717) is 18.9 Å². The Hall–Kier alpha value is -2.11. The molecule has 0 saturated carbocycles. The van der Waals surface area contributed by atoms with Crippen LogP contribution in [0, 0.1) is 0 Å². The molecule has 1 fully saturated rings. The maximum atomic E-state index is 11.9. The van der Waals surface area contributed by atoms with Crippen LogP contribution in [-0.2, 0) is 9.47 Å². The number of hydrogen-bond acceptors (Lipinski definition) is 4. The van der Waals surface area contributed by atoms with Gasteiger partial charge in [-0.15, -0.1) is 0 Å². The van der Waals surface area contributed by atoms with Gasteiger partial charge < -0.3 is 19.2 Å². The van der Waals surface area contributed by atoms with Gasteiger partial charge in [-0.3, -0.25) is 4.79 Å². The van der Waals surface area contributed by atoms with Crippen LogP contribution < -0.4 is 5.32 Å². The summed E-state index contributed by atoms with van der Waals surface area (Å²) in [5.74, 6) is -0.00167. The van der Waals surface area contributed by atoms with Crippen molar-refractivity contribution in [2.24, 2.45) is 0 Å². The summed E-state index contributed by atoms with van der Waals surface area (Å²) in [5, 5.41) is 2.78. The predicted molar refractivity (Wildman–Crippen MR) is 72.4 cm³/mol. The number of rotatable bonds is 3. The molecule has 2 aromatic rings. The number of carbonyl (C=O) groups excluding carboxylic acids is 1. The van der Waals surface area contributed by atoms with Gasteiger partial charge in [0.25, 0.3) is 5.91 Å². The third-order valence-electron chi connectivity index (χ3n) is 2.99. The molecule has 1 aromatic heterocycles. The maximum absolute atomic E-state index is 11.9. The summed E-state index contributed by atoms with van der Waals surface area (Å²) in [4.78, 5) is 11.9. The molecule has 5 heteroatoms. The molecule has 0 unspecified atom stereocenters. The molecule has 0 aliphatic carbocycles. The molecule has 0 spiro atoms.